The minimum Gasteiger partial charge on any atom is -0.393 e. The molecule has 3 nitrogen and oxygen atoms in total. The molecule has 1 aliphatic heterocycles. The average Bonchev–Trinajstić information content (AvgIpc) is 2.99. The maximum absolute atomic E-state index is 10.1. The van der Waals surface area contributed by atoms with Gasteiger partial charge in [0.1, 0.15) is 5.60 Å². The summed E-state index contributed by atoms with van der Waals surface area (Å²) >= 11 is 0. The zero-order valence-electron chi connectivity index (χ0n) is 11.6. The maximum atomic E-state index is 10.1. The fourth-order valence-corrected chi connectivity index (χ4v) is 4.21. The fourth-order valence-electron chi connectivity index (χ4n) is 4.21. The maximum Gasteiger partial charge on any atom is 0.124 e. The van der Waals surface area contributed by atoms with Crippen LogP contribution in [0.3, 0.4) is 0 Å². The van der Waals surface area contributed by atoms with Crippen molar-refractivity contribution in [2.75, 3.05) is 6.61 Å². The van der Waals surface area contributed by atoms with E-state index in [1.807, 2.05) is 13.0 Å². The largest absolute Gasteiger partial charge is 0.393 e. The van der Waals surface area contributed by atoms with Gasteiger partial charge in [0.05, 0.1) is 18.3 Å². The molecule has 3 heteroatoms. The van der Waals surface area contributed by atoms with Crippen molar-refractivity contribution in [2.24, 2.45) is 10.8 Å². The molecule has 5 unspecified atom stereocenters. The highest BCUT2D eigenvalue weighted by Gasteiger charge is 2.74. The zero-order valence-corrected chi connectivity index (χ0v) is 11.6. The average molecular weight is 252 g/mol. The van der Waals surface area contributed by atoms with Crippen LogP contribution in [0.25, 0.3) is 0 Å². The summed E-state index contributed by atoms with van der Waals surface area (Å²) in [5.41, 5.74) is -1.02. The quantitative estimate of drug-likeness (QED) is 0.584. The summed E-state index contributed by atoms with van der Waals surface area (Å²) in [6.45, 7) is 6.48. The van der Waals surface area contributed by atoms with Crippen LogP contribution in [0.5, 0.6) is 0 Å². The van der Waals surface area contributed by atoms with Gasteiger partial charge in [0, 0.05) is 5.41 Å². The lowest BCUT2D eigenvalue weighted by Crippen LogP contribution is -2.50. The summed E-state index contributed by atoms with van der Waals surface area (Å²) in [5, 5.41) is 19.8. The van der Waals surface area contributed by atoms with E-state index >= 15 is 0 Å². The Labute approximate surface area is 109 Å². The van der Waals surface area contributed by atoms with Crippen molar-refractivity contribution in [3.8, 4) is 0 Å². The summed E-state index contributed by atoms with van der Waals surface area (Å²) in [7, 11) is 0. The molecule has 3 aliphatic rings. The van der Waals surface area contributed by atoms with Crippen LogP contribution in [0.2, 0.25) is 0 Å². The molecule has 1 heterocycles. The van der Waals surface area contributed by atoms with Gasteiger partial charge in [-0.15, -0.1) is 0 Å². The van der Waals surface area contributed by atoms with E-state index in [0.29, 0.717) is 0 Å². The van der Waals surface area contributed by atoms with E-state index in [0.717, 1.165) is 25.7 Å². The van der Waals surface area contributed by atoms with Gasteiger partial charge in [0.25, 0.3) is 0 Å². The molecule has 2 N–H and O–H groups in total. The van der Waals surface area contributed by atoms with Crippen molar-refractivity contribution in [3.05, 3.63) is 12.2 Å². The molecule has 0 spiro atoms. The Morgan fingerprint density at radius 2 is 1.89 bits per heavy atom. The topological polar surface area (TPSA) is 53.0 Å². The number of fused-ring (bicyclic) bond motifs is 1. The Hall–Kier alpha value is -0.380. The number of epoxide rings is 1. The fraction of sp³-hybridized carbons (Fsp3) is 0.867. The van der Waals surface area contributed by atoms with Gasteiger partial charge in [0.15, 0.2) is 0 Å². The first-order chi connectivity index (χ1) is 8.29. The molecule has 102 valence electrons. The van der Waals surface area contributed by atoms with Crippen LogP contribution in [0.1, 0.15) is 46.5 Å². The van der Waals surface area contributed by atoms with E-state index in [1.54, 1.807) is 0 Å². The van der Waals surface area contributed by atoms with Crippen LogP contribution in [0, 0.1) is 10.8 Å². The van der Waals surface area contributed by atoms with Crippen LogP contribution in [-0.4, -0.2) is 34.1 Å². The van der Waals surface area contributed by atoms with E-state index in [2.05, 4.69) is 19.9 Å². The van der Waals surface area contributed by atoms with Gasteiger partial charge in [-0.25, -0.2) is 0 Å². The summed E-state index contributed by atoms with van der Waals surface area (Å²) < 4.78 is 5.83. The third-order valence-corrected chi connectivity index (χ3v) is 6.11. The van der Waals surface area contributed by atoms with E-state index < -0.39 is 5.60 Å². The second-order valence-corrected chi connectivity index (χ2v) is 7.13. The SMILES string of the molecule is CC1(O)C=CC(C)(C2(C)CCC3OC32CO)CC1. The number of hydrogen-bond donors (Lipinski definition) is 2. The smallest absolute Gasteiger partial charge is 0.124 e. The van der Waals surface area contributed by atoms with E-state index in [-0.39, 0.29) is 29.1 Å². The second kappa shape index (κ2) is 3.38. The summed E-state index contributed by atoms with van der Waals surface area (Å²) in [4.78, 5) is 0. The predicted molar refractivity (Wildman–Crippen MR) is 69.1 cm³/mol. The molecule has 0 aromatic rings. The Bertz CT molecular complexity index is 399. The first-order valence-corrected chi connectivity index (χ1v) is 7.00. The first-order valence-electron chi connectivity index (χ1n) is 7.00. The molecule has 1 saturated carbocycles. The Morgan fingerprint density at radius 3 is 2.39 bits per heavy atom. The van der Waals surface area contributed by atoms with Gasteiger partial charge in [-0.2, -0.15) is 0 Å². The molecule has 3 rings (SSSR count). The molecule has 0 amide bonds. The highest BCUT2D eigenvalue weighted by Crippen LogP contribution is 2.69. The van der Waals surface area contributed by atoms with Crippen molar-refractivity contribution in [1.29, 1.82) is 0 Å². The van der Waals surface area contributed by atoms with Crippen LogP contribution in [-0.2, 0) is 4.74 Å². The third kappa shape index (κ3) is 1.36. The lowest BCUT2D eigenvalue weighted by atomic mass is 9.55. The van der Waals surface area contributed by atoms with E-state index in [9.17, 15) is 10.2 Å². The number of hydrogen-bond acceptors (Lipinski definition) is 3. The van der Waals surface area contributed by atoms with Gasteiger partial charge in [0.2, 0.25) is 0 Å². The molecule has 0 aromatic heterocycles. The van der Waals surface area contributed by atoms with Crippen molar-refractivity contribution in [1.82, 2.24) is 0 Å². The van der Waals surface area contributed by atoms with Crippen molar-refractivity contribution >= 4 is 0 Å². The minimum absolute atomic E-state index is 0.00319. The summed E-state index contributed by atoms with van der Waals surface area (Å²) in [5.74, 6) is 0. The van der Waals surface area contributed by atoms with Crippen molar-refractivity contribution in [2.45, 2.75) is 63.8 Å². The highest BCUT2D eigenvalue weighted by molar-refractivity contribution is 5.27. The second-order valence-electron chi connectivity index (χ2n) is 7.13. The minimum atomic E-state index is -0.676. The zero-order chi connectivity index (χ0) is 13.2. The first kappa shape index (κ1) is 12.6. The number of aliphatic hydroxyl groups is 2. The molecular formula is C15H24O3. The molecule has 5 atom stereocenters. The Balaban J connectivity index is 1.95. The molecule has 18 heavy (non-hydrogen) atoms. The van der Waals surface area contributed by atoms with Crippen LogP contribution in [0.15, 0.2) is 12.2 Å². The Kier molecular flexibility index (Phi) is 2.38. The predicted octanol–water partition coefficient (Wildman–Crippen LogP) is 2.02. The molecular weight excluding hydrogens is 228 g/mol. The molecule has 2 aliphatic carbocycles. The highest BCUT2D eigenvalue weighted by atomic mass is 16.6. The van der Waals surface area contributed by atoms with Gasteiger partial charge in [-0.05, 0) is 38.0 Å². The third-order valence-electron chi connectivity index (χ3n) is 6.11. The molecule has 2 fully saturated rings. The summed E-state index contributed by atoms with van der Waals surface area (Å²) in [6, 6.07) is 0. The Morgan fingerprint density at radius 1 is 1.17 bits per heavy atom. The van der Waals surface area contributed by atoms with Gasteiger partial charge >= 0.3 is 0 Å². The van der Waals surface area contributed by atoms with Gasteiger partial charge < -0.3 is 14.9 Å². The molecule has 0 aromatic carbocycles. The van der Waals surface area contributed by atoms with Gasteiger partial charge in [-0.3, -0.25) is 0 Å². The van der Waals surface area contributed by atoms with Crippen LogP contribution >= 0.6 is 0 Å². The van der Waals surface area contributed by atoms with E-state index in [1.165, 1.54) is 0 Å². The lowest BCUT2D eigenvalue weighted by Gasteiger charge is -2.49. The molecule has 0 bridgehead atoms. The number of ether oxygens (including phenoxy) is 1. The number of aliphatic hydroxyl groups excluding tert-OH is 1. The van der Waals surface area contributed by atoms with Crippen LogP contribution < -0.4 is 0 Å². The monoisotopic (exact) mass is 252 g/mol. The standard InChI is InChI=1S/C15H24O3/c1-12(6-8-13(2,17)9-7-12)14(3)5-4-11-15(14,10-16)18-11/h6,8,11,16-17H,4-5,7,9-10H2,1-3H3. The number of allylic oxidation sites excluding steroid dienone is 1. The lowest BCUT2D eigenvalue weighted by molar-refractivity contribution is -0.0419. The van der Waals surface area contributed by atoms with Crippen molar-refractivity contribution < 1.29 is 14.9 Å². The van der Waals surface area contributed by atoms with Crippen LogP contribution in [0.4, 0.5) is 0 Å². The van der Waals surface area contributed by atoms with Gasteiger partial charge in [-0.1, -0.05) is 26.0 Å². The molecule has 1 saturated heterocycles. The normalized spacial score (nSPS) is 58.6. The van der Waals surface area contributed by atoms with E-state index in [4.69, 9.17) is 4.74 Å². The number of rotatable bonds is 2. The van der Waals surface area contributed by atoms with Crippen molar-refractivity contribution in [3.63, 3.8) is 0 Å². The summed E-state index contributed by atoms with van der Waals surface area (Å²) in [6.07, 6.45) is 8.23. The molecule has 0 radical (unpaired) electrons.